The summed E-state index contributed by atoms with van der Waals surface area (Å²) in [5, 5.41) is 2.07. The largest absolute Gasteiger partial charge is 0.452 e. The molecule has 1 aliphatic rings. The van der Waals surface area contributed by atoms with Crippen molar-refractivity contribution in [3.05, 3.63) is 57.7 Å². The number of nitrogens with zero attached hydrogens (tertiary/aromatic N) is 1. The number of hydrogen-bond acceptors (Lipinski definition) is 6. The summed E-state index contributed by atoms with van der Waals surface area (Å²) in [6, 6.07) is 13.8. The molecule has 1 saturated heterocycles. The minimum atomic E-state index is -0.670. The molecule has 1 N–H and O–H groups in total. The third-order valence-electron chi connectivity index (χ3n) is 4.18. The molecule has 1 aliphatic heterocycles. The molecule has 150 valence electrons. The number of nitrogens with one attached hydrogen (secondary N) is 1. The quantitative estimate of drug-likeness (QED) is 0.355. The Kier molecular flexibility index (Phi) is 6.91. The summed E-state index contributed by atoms with van der Waals surface area (Å²) in [4.78, 5) is 49.9. The summed E-state index contributed by atoms with van der Waals surface area (Å²) in [5.41, 5.74) is 0.852. The van der Waals surface area contributed by atoms with Gasteiger partial charge in [0.05, 0.1) is 10.8 Å². The van der Waals surface area contributed by atoms with E-state index in [4.69, 9.17) is 4.74 Å². The lowest BCUT2D eigenvalue weighted by Gasteiger charge is -2.12. The van der Waals surface area contributed by atoms with Crippen molar-refractivity contribution in [1.82, 2.24) is 4.90 Å². The molecule has 0 spiro atoms. The molecule has 0 saturated carbocycles. The van der Waals surface area contributed by atoms with Gasteiger partial charge in [-0.05, 0) is 59.0 Å². The summed E-state index contributed by atoms with van der Waals surface area (Å²) >= 11 is 3.31. The third kappa shape index (κ3) is 5.36. The topological polar surface area (TPSA) is 92.8 Å². The molecule has 3 amide bonds. The van der Waals surface area contributed by atoms with Gasteiger partial charge in [-0.3, -0.25) is 19.3 Å². The van der Waals surface area contributed by atoms with Crippen molar-refractivity contribution in [3.8, 4) is 0 Å². The molecule has 2 aromatic rings. The van der Waals surface area contributed by atoms with Crippen molar-refractivity contribution in [1.29, 1.82) is 0 Å². The second-order valence-corrected chi connectivity index (χ2v) is 8.72. The maximum absolute atomic E-state index is 12.5. The highest BCUT2D eigenvalue weighted by molar-refractivity contribution is 14.1. The van der Waals surface area contributed by atoms with Gasteiger partial charge in [0.2, 0.25) is 11.8 Å². The first-order valence-corrected chi connectivity index (χ1v) is 10.6. The van der Waals surface area contributed by atoms with Crippen molar-refractivity contribution >= 4 is 63.7 Å². The van der Waals surface area contributed by atoms with Gasteiger partial charge in [0, 0.05) is 27.6 Å². The molecule has 1 atom stereocenters. The molecule has 0 aromatic heterocycles. The standard InChI is InChI=1S/C20H17IN2O5S/c1-23-18(25)10-16(19(23)26)29-15-5-3-2-4-14(15)20(27)28-11-17(24)22-13-8-6-12(21)7-9-13/h2-9,16H,10-11H2,1H3,(H,22,24). The van der Waals surface area contributed by atoms with E-state index in [1.54, 1.807) is 36.4 Å². The van der Waals surface area contributed by atoms with Gasteiger partial charge in [-0.1, -0.05) is 12.1 Å². The van der Waals surface area contributed by atoms with Crippen LogP contribution in [-0.4, -0.2) is 47.5 Å². The molecule has 9 heteroatoms. The Labute approximate surface area is 185 Å². The molecule has 7 nitrogen and oxygen atoms in total. The summed E-state index contributed by atoms with van der Waals surface area (Å²) < 4.78 is 6.17. The summed E-state index contributed by atoms with van der Waals surface area (Å²) in [5.74, 6) is -1.67. The van der Waals surface area contributed by atoms with Crippen LogP contribution in [0.3, 0.4) is 0 Å². The van der Waals surface area contributed by atoms with Gasteiger partial charge >= 0.3 is 5.97 Å². The van der Waals surface area contributed by atoms with Crippen LogP contribution in [0.2, 0.25) is 0 Å². The fourth-order valence-corrected chi connectivity index (χ4v) is 4.23. The minimum absolute atomic E-state index is 0.0851. The van der Waals surface area contributed by atoms with Crippen LogP contribution in [0, 0.1) is 3.57 Å². The molecule has 2 aromatic carbocycles. The van der Waals surface area contributed by atoms with Gasteiger partial charge in [0.15, 0.2) is 6.61 Å². The first-order valence-electron chi connectivity index (χ1n) is 8.64. The zero-order chi connectivity index (χ0) is 21.0. The number of imide groups is 1. The molecule has 0 radical (unpaired) electrons. The number of esters is 1. The average molecular weight is 524 g/mol. The maximum Gasteiger partial charge on any atom is 0.339 e. The zero-order valence-corrected chi connectivity index (χ0v) is 18.4. The van der Waals surface area contributed by atoms with E-state index in [9.17, 15) is 19.2 Å². The lowest BCUT2D eigenvalue weighted by Crippen LogP contribution is -2.26. The van der Waals surface area contributed by atoms with Crippen LogP contribution in [0.1, 0.15) is 16.8 Å². The van der Waals surface area contributed by atoms with Crippen molar-refractivity contribution in [2.75, 3.05) is 19.0 Å². The van der Waals surface area contributed by atoms with E-state index >= 15 is 0 Å². The van der Waals surface area contributed by atoms with Crippen LogP contribution < -0.4 is 5.32 Å². The Hall–Kier alpha value is -2.40. The fourth-order valence-electron chi connectivity index (χ4n) is 2.64. The van der Waals surface area contributed by atoms with Gasteiger partial charge in [-0.25, -0.2) is 4.79 Å². The number of carbonyl (C=O) groups excluding carboxylic acids is 4. The predicted octanol–water partition coefficient (Wildman–Crippen LogP) is 2.94. The van der Waals surface area contributed by atoms with Gasteiger partial charge < -0.3 is 10.1 Å². The third-order valence-corrected chi connectivity index (χ3v) is 6.16. The monoisotopic (exact) mass is 524 g/mol. The lowest BCUT2D eigenvalue weighted by molar-refractivity contribution is -0.136. The van der Waals surface area contributed by atoms with Crippen molar-refractivity contribution in [2.45, 2.75) is 16.6 Å². The molecule has 0 bridgehead atoms. The van der Waals surface area contributed by atoms with E-state index in [0.717, 1.165) is 20.2 Å². The van der Waals surface area contributed by atoms with Crippen LogP contribution in [0.5, 0.6) is 0 Å². The number of rotatable bonds is 6. The number of benzene rings is 2. The summed E-state index contributed by atoms with van der Waals surface area (Å²) in [7, 11) is 1.44. The second-order valence-electron chi connectivity index (χ2n) is 6.23. The van der Waals surface area contributed by atoms with E-state index in [1.807, 2.05) is 12.1 Å². The molecule has 1 unspecified atom stereocenters. The molecular weight excluding hydrogens is 507 g/mol. The highest BCUT2D eigenvalue weighted by Gasteiger charge is 2.37. The number of halogens is 1. The van der Waals surface area contributed by atoms with Crippen LogP contribution in [-0.2, 0) is 19.1 Å². The van der Waals surface area contributed by atoms with Crippen molar-refractivity contribution in [3.63, 3.8) is 0 Å². The van der Waals surface area contributed by atoms with Crippen molar-refractivity contribution in [2.24, 2.45) is 0 Å². The van der Waals surface area contributed by atoms with Gasteiger partial charge in [0.1, 0.15) is 0 Å². The molecule has 1 fully saturated rings. The van der Waals surface area contributed by atoms with E-state index < -0.39 is 23.7 Å². The van der Waals surface area contributed by atoms with E-state index in [2.05, 4.69) is 27.9 Å². The number of ether oxygens (including phenoxy) is 1. The summed E-state index contributed by atoms with van der Waals surface area (Å²) in [6.45, 7) is -0.437. The Bertz CT molecular complexity index is 964. The summed E-state index contributed by atoms with van der Waals surface area (Å²) in [6.07, 6.45) is 0.0851. The highest BCUT2D eigenvalue weighted by Crippen LogP contribution is 2.33. The van der Waals surface area contributed by atoms with Crippen LogP contribution >= 0.6 is 34.4 Å². The maximum atomic E-state index is 12.5. The van der Waals surface area contributed by atoms with E-state index in [0.29, 0.717) is 10.6 Å². The smallest absolute Gasteiger partial charge is 0.339 e. The molecule has 0 aliphatic carbocycles. The number of hydrogen-bond donors (Lipinski definition) is 1. The average Bonchev–Trinajstić information content (AvgIpc) is 2.95. The van der Waals surface area contributed by atoms with E-state index in [-0.39, 0.29) is 23.8 Å². The first-order chi connectivity index (χ1) is 13.8. The fraction of sp³-hybridized carbons (Fsp3) is 0.200. The van der Waals surface area contributed by atoms with Crippen LogP contribution in [0.25, 0.3) is 0 Å². The number of thioether (sulfide) groups is 1. The van der Waals surface area contributed by atoms with Crippen LogP contribution in [0.4, 0.5) is 5.69 Å². The minimum Gasteiger partial charge on any atom is -0.452 e. The normalized spacial score (nSPS) is 16.1. The zero-order valence-electron chi connectivity index (χ0n) is 15.4. The molecule has 29 heavy (non-hydrogen) atoms. The van der Waals surface area contributed by atoms with Gasteiger partial charge in [-0.2, -0.15) is 0 Å². The Morgan fingerprint density at radius 2 is 1.86 bits per heavy atom. The Morgan fingerprint density at radius 3 is 2.52 bits per heavy atom. The predicted molar refractivity (Wildman–Crippen MR) is 117 cm³/mol. The number of carbonyl (C=O) groups is 4. The second kappa shape index (κ2) is 9.40. The van der Waals surface area contributed by atoms with Crippen LogP contribution in [0.15, 0.2) is 53.4 Å². The lowest BCUT2D eigenvalue weighted by atomic mass is 10.2. The van der Waals surface area contributed by atoms with E-state index in [1.165, 1.54) is 7.05 Å². The van der Waals surface area contributed by atoms with Gasteiger partial charge in [0.25, 0.3) is 5.91 Å². The van der Waals surface area contributed by atoms with Crippen molar-refractivity contribution < 1.29 is 23.9 Å². The highest BCUT2D eigenvalue weighted by atomic mass is 127. The molecule has 3 rings (SSSR count). The number of anilines is 1. The molecule has 1 heterocycles. The number of likely N-dealkylation sites (tertiary alicyclic amines) is 1. The SMILES string of the molecule is CN1C(=O)CC(Sc2ccccc2C(=O)OCC(=O)Nc2ccc(I)cc2)C1=O. The molecular formula is C20H17IN2O5S. The van der Waals surface area contributed by atoms with Gasteiger partial charge in [-0.15, -0.1) is 11.8 Å². The Morgan fingerprint density at radius 1 is 1.17 bits per heavy atom. The first kappa shape index (κ1) is 21.3. The Balaban J connectivity index is 1.61. The number of amides is 3.